The van der Waals surface area contributed by atoms with Gasteiger partial charge >= 0.3 is 0 Å². The third-order valence-electron chi connectivity index (χ3n) is 3.96. The van der Waals surface area contributed by atoms with Crippen LogP contribution in [-0.2, 0) is 12.0 Å². The van der Waals surface area contributed by atoms with E-state index >= 15 is 0 Å². The zero-order valence-electron chi connectivity index (χ0n) is 15.6. The van der Waals surface area contributed by atoms with Gasteiger partial charge in [-0.3, -0.25) is 0 Å². The number of phenols is 1. The molecule has 0 atom stereocenters. The van der Waals surface area contributed by atoms with E-state index in [4.69, 9.17) is 5.73 Å². The molecule has 0 fully saturated rings. The predicted molar refractivity (Wildman–Crippen MR) is 101 cm³/mol. The Labute approximate surface area is 145 Å². The van der Waals surface area contributed by atoms with Crippen LogP contribution in [0.25, 0.3) is 11.1 Å². The van der Waals surface area contributed by atoms with Crippen LogP contribution in [0.15, 0.2) is 30.5 Å². The number of benzene rings is 1. The predicted octanol–water partition coefficient (Wildman–Crippen LogP) is 4.22. The molecular weight excluding hydrogens is 298 g/mol. The number of hydrogen-bond acceptors (Lipinski definition) is 4. The summed E-state index contributed by atoms with van der Waals surface area (Å²) in [5, 5.41) is 14.2. The minimum Gasteiger partial charge on any atom is -0.507 e. The third kappa shape index (κ3) is 4.48. The van der Waals surface area contributed by atoms with Gasteiger partial charge < -0.3 is 16.2 Å². The van der Waals surface area contributed by atoms with Gasteiger partial charge in [0.2, 0.25) is 0 Å². The zero-order chi connectivity index (χ0) is 18.1. The van der Waals surface area contributed by atoms with Crippen molar-refractivity contribution in [2.45, 2.75) is 59.0 Å². The van der Waals surface area contributed by atoms with Gasteiger partial charge in [-0.25, -0.2) is 4.98 Å². The largest absolute Gasteiger partial charge is 0.507 e. The lowest BCUT2D eigenvalue weighted by Gasteiger charge is -2.25. The Hall–Kier alpha value is -2.07. The molecule has 2 aromatic rings. The van der Waals surface area contributed by atoms with Crippen molar-refractivity contribution in [3.05, 3.63) is 41.6 Å². The molecule has 0 saturated carbocycles. The summed E-state index contributed by atoms with van der Waals surface area (Å²) in [6.45, 7) is 13.5. The summed E-state index contributed by atoms with van der Waals surface area (Å²) >= 11 is 0. The second kappa shape index (κ2) is 6.44. The van der Waals surface area contributed by atoms with Crippen LogP contribution in [0.2, 0.25) is 0 Å². The fourth-order valence-electron chi connectivity index (χ4n) is 2.41. The Morgan fingerprint density at radius 3 is 2.25 bits per heavy atom. The van der Waals surface area contributed by atoms with Crippen LogP contribution in [-0.4, -0.2) is 15.6 Å². The Bertz CT molecular complexity index is 707. The fourth-order valence-corrected chi connectivity index (χ4v) is 2.41. The molecule has 0 radical (unpaired) electrons. The quantitative estimate of drug-likeness (QED) is 0.789. The highest BCUT2D eigenvalue weighted by Gasteiger charge is 2.20. The number of anilines is 1. The van der Waals surface area contributed by atoms with Crippen molar-refractivity contribution in [2.24, 2.45) is 0 Å². The summed E-state index contributed by atoms with van der Waals surface area (Å²) in [5.74, 6) is 0.770. The van der Waals surface area contributed by atoms with Gasteiger partial charge in [-0.1, -0.05) is 26.8 Å². The summed E-state index contributed by atoms with van der Waals surface area (Å²) < 4.78 is 0. The van der Waals surface area contributed by atoms with Gasteiger partial charge in [0.1, 0.15) is 11.6 Å². The van der Waals surface area contributed by atoms with Gasteiger partial charge in [-0.2, -0.15) is 0 Å². The van der Waals surface area contributed by atoms with Crippen molar-refractivity contribution >= 4 is 5.82 Å². The van der Waals surface area contributed by atoms with Crippen LogP contribution in [0.5, 0.6) is 5.75 Å². The number of nitrogens with two attached hydrogens (primary N) is 1. The first kappa shape index (κ1) is 18.3. The average Bonchev–Trinajstić information content (AvgIpc) is 2.45. The normalized spacial score (nSPS) is 12.4. The fraction of sp³-hybridized carbons (Fsp3) is 0.450. The topological polar surface area (TPSA) is 71.2 Å². The Morgan fingerprint density at radius 2 is 1.75 bits per heavy atom. The summed E-state index contributed by atoms with van der Waals surface area (Å²) in [6.07, 6.45) is 1.71. The minimum atomic E-state index is -0.0207. The molecule has 4 nitrogen and oxygen atoms in total. The summed E-state index contributed by atoms with van der Waals surface area (Å²) in [6, 6.07) is 7.78. The molecule has 2 rings (SSSR count). The number of pyridine rings is 1. The monoisotopic (exact) mass is 327 g/mol. The lowest BCUT2D eigenvalue weighted by molar-refractivity contribution is 0.411. The van der Waals surface area contributed by atoms with E-state index in [2.05, 4.69) is 57.9 Å². The summed E-state index contributed by atoms with van der Waals surface area (Å²) in [7, 11) is 0. The highest BCUT2D eigenvalue weighted by Crippen LogP contribution is 2.37. The first-order valence-electron chi connectivity index (χ1n) is 8.31. The average molecular weight is 327 g/mol. The molecule has 0 saturated heterocycles. The number of aromatic hydroxyl groups is 1. The Kier molecular flexibility index (Phi) is 4.90. The molecule has 0 spiro atoms. The lowest BCUT2D eigenvalue weighted by atomic mass is 9.83. The molecule has 4 N–H and O–H groups in total. The van der Waals surface area contributed by atoms with Crippen molar-refractivity contribution in [3.63, 3.8) is 0 Å². The molecule has 0 bridgehead atoms. The second-order valence-electron chi connectivity index (χ2n) is 8.36. The number of aromatic nitrogens is 1. The second-order valence-corrected chi connectivity index (χ2v) is 8.36. The maximum atomic E-state index is 10.8. The molecule has 0 aliphatic rings. The van der Waals surface area contributed by atoms with Crippen LogP contribution in [0.3, 0.4) is 0 Å². The molecule has 0 aliphatic heterocycles. The third-order valence-corrected chi connectivity index (χ3v) is 3.96. The maximum Gasteiger partial charge on any atom is 0.127 e. The van der Waals surface area contributed by atoms with Crippen molar-refractivity contribution in [1.29, 1.82) is 0 Å². The molecule has 1 heterocycles. The van der Waals surface area contributed by atoms with Gasteiger partial charge in [0.25, 0.3) is 0 Å². The van der Waals surface area contributed by atoms with E-state index in [1.54, 1.807) is 12.3 Å². The van der Waals surface area contributed by atoms with E-state index in [0.717, 1.165) is 16.7 Å². The van der Waals surface area contributed by atoms with E-state index < -0.39 is 0 Å². The van der Waals surface area contributed by atoms with Crippen LogP contribution in [0.1, 0.15) is 52.7 Å². The number of nitrogens with one attached hydrogen (secondary N) is 1. The minimum absolute atomic E-state index is 0.0137. The maximum absolute atomic E-state index is 10.8. The van der Waals surface area contributed by atoms with Crippen molar-refractivity contribution < 1.29 is 5.11 Å². The number of nitrogens with zero attached hydrogens (tertiary/aromatic N) is 1. The molecular formula is C20H29N3O. The van der Waals surface area contributed by atoms with Crippen molar-refractivity contribution in [1.82, 2.24) is 10.3 Å². The van der Waals surface area contributed by atoms with Gasteiger partial charge in [0.15, 0.2) is 0 Å². The number of nitrogen functional groups attached to an aromatic ring is 1. The summed E-state index contributed by atoms with van der Waals surface area (Å²) in [5.41, 5.74) is 9.38. The number of hydrogen-bond donors (Lipinski definition) is 3. The van der Waals surface area contributed by atoms with E-state index in [1.807, 2.05) is 12.1 Å². The van der Waals surface area contributed by atoms with Crippen molar-refractivity contribution in [3.8, 4) is 16.9 Å². The van der Waals surface area contributed by atoms with Crippen LogP contribution in [0.4, 0.5) is 5.82 Å². The molecule has 1 aromatic heterocycles. The van der Waals surface area contributed by atoms with Gasteiger partial charge in [-0.15, -0.1) is 0 Å². The van der Waals surface area contributed by atoms with E-state index in [0.29, 0.717) is 18.1 Å². The first-order valence-corrected chi connectivity index (χ1v) is 8.31. The molecule has 24 heavy (non-hydrogen) atoms. The van der Waals surface area contributed by atoms with Crippen molar-refractivity contribution in [2.75, 3.05) is 5.73 Å². The molecule has 0 unspecified atom stereocenters. The van der Waals surface area contributed by atoms with E-state index in [-0.39, 0.29) is 11.0 Å². The molecule has 130 valence electrons. The standard InChI is InChI=1S/C20H29N3O/c1-19(2,3)15-9-14(12-23-20(4,5)6)18(24)16(10-15)13-7-8-17(21)22-11-13/h7-11,23-24H,12H2,1-6H3,(H2,21,22). The van der Waals surface area contributed by atoms with Crippen LogP contribution < -0.4 is 11.1 Å². The molecule has 0 aliphatic carbocycles. The summed E-state index contributed by atoms with van der Waals surface area (Å²) in [4.78, 5) is 4.15. The zero-order valence-corrected chi connectivity index (χ0v) is 15.6. The van der Waals surface area contributed by atoms with E-state index in [1.165, 1.54) is 5.56 Å². The Balaban J connectivity index is 2.54. The highest BCUT2D eigenvalue weighted by atomic mass is 16.3. The smallest absolute Gasteiger partial charge is 0.127 e. The molecule has 4 heteroatoms. The Morgan fingerprint density at radius 1 is 1.08 bits per heavy atom. The van der Waals surface area contributed by atoms with Gasteiger partial charge in [0.05, 0.1) is 0 Å². The lowest BCUT2D eigenvalue weighted by Crippen LogP contribution is -2.35. The van der Waals surface area contributed by atoms with Crippen LogP contribution >= 0.6 is 0 Å². The van der Waals surface area contributed by atoms with E-state index in [9.17, 15) is 5.11 Å². The first-order chi connectivity index (χ1) is 11.0. The number of rotatable bonds is 3. The molecule has 1 aromatic carbocycles. The van der Waals surface area contributed by atoms with Crippen LogP contribution in [0, 0.1) is 0 Å². The highest BCUT2D eigenvalue weighted by molar-refractivity contribution is 5.73. The number of phenolic OH excluding ortho intramolecular Hbond substituents is 1. The van der Waals surface area contributed by atoms with Gasteiger partial charge in [0, 0.05) is 35.0 Å². The molecule has 0 amide bonds. The van der Waals surface area contributed by atoms with Gasteiger partial charge in [-0.05, 0) is 49.9 Å². The SMILES string of the molecule is CC(C)(C)NCc1cc(C(C)(C)C)cc(-c2ccc(N)nc2)c1O.